The number of ether oxygens (including phenoxy) is 2. The fourth-order valence-electron chi connectivity index (χ4n) is 1.34. The van der Waals surface area contributed by atoms with Gasteiger partial charge in [0.05, 0.1) is 19.6 Å². The van der Waals surface area contributed by atoms with Gasteiger partial charge in [0.1, 0.15) is 0 Å². The van der Waals surface area contributed by atoms with Crippen LogP contribution in [0.1, 0.15) is 26.0 Å². The van der Waals surface area contributed by atoms with Gasteiger partial charge >= 0.3 is 5.97 Å². The molecule has 0 bridgehead atoms. The van der Waals surface area contributed by atoms with Crippen molar-refractivity contribution in [1.29, 1.82) is 0 Å². The van der Waals surface area contributed by atoms with Crippen LogP contribution >= 0.6 is 0 Å². The van der Waals surface area contributed by atoms with Crippen LogP contribution in [0.3, 0.4) is 0 Å². The summed E-state index contributed by atoms with van der Waals surface area (Å²) in [6, 6.07) is 3.89. The number of nitrogens with zero attached hydrogens (tertiary/aromatic N) is 2. The van der Waals surface area contributed by atoms with E-state index in [0.717, 1.165) is 12.1 Å². The van der Waals surface area contributed by atoms with Crippen LogP contribution in [0, 0.1) is 0 Å². The third-order valence-electron chi connectivity index (χ3n) is 2.81. The molecule has 0 aromatic carbocycles. The van der Waals surface area contributed by atoms with E-state index in [4.69, 9.17) is 4.74 Å². The largest absolute Gasteiger partial charge is 0.469 e. The van der Waals surface area contributed by atoms with Gasteiger partial charge in [-0.1, -0.05) is 6.92 Å². The number of hydrogen-bond acceptors (Lipinski definition) is 4. The van der Waals surface area contributed by atoms with Crippen molar-refractivity contribution in [2.45, 2.75) is 32.7 Å². The van der Waals surface area contributed by atoms with Crippen LogP contribution in [0.2, 0.25) is 0 Å². The molecule has 0 aliphatic heterocycles. The number of methoxy groups -OCH3 is 1. The van der Waals surface area contributed by atoms with E-state index < -0.39 is 0 Å². The summed E-state index contributed by atoms with van der Waals surface area (Å²) in [6.07, 6.45) is 2.66. The Morgan fingerprint density at radius 3 is 2.89 bits per heavy atom. The monoisotopic (exact) mass is 252 g/mol. The van der Waals surface area contributed by atoms with E-state index in [9.17, 15) is 4.79 Å². The van der Waals surface area contributed by atoms with Gasteiger partial charge in [-0.3, -0.25) is 9.79 Å². The zero-order chi connectivity index (χ0) is 13.5. The first-order valence-electron chi connectivity index (χ1n) is 5.98. The lowest BCUT2D eigenvalue weighted by molar-refractivity contribution is -0.139. The summed E-state index contributed by atoms with van der Waals surface area (Å²) >= 11 is 0. The number of carbonyl (C=O) groups excluding carboxylic acids is 1. The number of esters is 1. The van der Waals surface area contributed by atoms with Gasteiger partial charge in [0.25, 0.3) is 0 Å². The predicted molar refractivity (Wildman–Crippen MR) is 70.0 cm³/mol. The molecule has 1 atom stereocenters. The van der Waals surface area contributed by atoms with Crippen molar-refractivity contribution in [2.24, 2.45) is 12.0 Å². The summed E-state index contributed by atoms with van der Waals surface area (Å²) in [5.74, 6) is 0.386. The fraction of sp³-hybridized carbons (Fsp3) is 0.538. The van der Waals surface area contributed by atoms with Gasteiger partial charge in [-0.05, 0) is 19.4 Å². The highest BCUT2D eigenvalue weighted by Gasteiger charge is 2.09. The Hall–Kier alpha value is -1.78. The number of carbonyl (C=O) groups is 1. The second kappa shape index (κ2) is 6.83. The molecule has 0 aliphatic carbocycles. The summed E-state index contributed by atoms with van der Waals surface area (Å²) < 4.78 is 11.9. The molecule has 5 nitrogen and oxygen atoms in total. The highest BCUT2D eigenvalue weighted by Crippen LogP contribution is 2.15. The molecule has 0 amide bonds. The van der Waals surface area contributed by atoms with Gasteiger partial charge in [0, 0.05) is 18.8 Å². The smallest absolute Gasteiger partial charge is 0.311 e. The van der Waals surface area contributed by atoms with Crippen molar-refractivity contribution in [1.82, 2.24) is 4.57 Å². The Morgan fingerprint density at radius 2 is 2.28 bits per heavy atom. The first kappa shape index (κ1) is 14.3. The summed E-state index contributed by atoms with van der Waals surface area (Å²) in [6.45, 7) is 4.09. The van der Waals surface area contributed by atoms with Crippen molar-refractivity contribution in [2.75, 3.05) is 7.11 Å². The van der Waals surface area contributed by atoms with Crippen LogP contribution in [0.15, 0.2) is 17.1 Å². The minimum atomic E-state index is -0.268. The Morgan fingerprint density at radius 1 is 1.56 bits per heavy atom. The molecule has 0 spiro atoms. The molecule has 100 valence electrons. The molecule has 1 rings (SSSR count). The second-order valence-corrected chi connectivity index (χ2v) is 4.10. The van der Waals surface area contributed by atoms with Crippen molar-refractivity contribution < 1.29 is 14.3 Å². The summed E-state index contributed by atoms with van der Waals surface area (Å²) in [4.78, 5) is 15.4. The third-order valence-corrected chi connectivity index (χ3v) is 2.81. The van der Waals surface area contributed by atoms with Crippen LogP contribution in [0.25, 0.3) is 0 Å². The Labute approximate surface area is 107 Å². The van der Waals surface area contributed by atoms with Crippen molar-refractivity contribution in [3.8, 4) is 5.88 Å². The van der Waals surface area contributed by atoms with Gasteiger partial charge in [0.15, 0.2) is 6.40 Å². The van der Waals surface area contributed by atoms with E-state index in [1.54, 1.807) is 10.6 Å². The lowest BCUT2D eigenvalue weighted by Gasteiger charge is -2.06. The van der Waals surface area contributed by atoms with Crippen molar-refractivity contribution in [3.63, 3.8) is 0 Å². The number of aromatic nitrogens is 1. The van der Waals surface area contributed by atoms with E-state index >= 15 is 0 Å². The van der Waals surface area contributed by atoms with Crippen LogP contribution in [-0.4, -0.2) is 30.1 Å². The third kappa shape index (κ3) is 3.91. The molecule has 18 heavy (non-hydrogen) atoms. The van der Waals surface area contributed by atoms with Crippen LogP contribution < -0.4 is 4.74 Å². The predicted octanol–water partition coefficient (Wildman–Crippen LogP) is 1.95. The quantitative estimate of drug-likeness (QED) is 0.442. The zero-order valence-electron chi connectivity index (χ0n) is 11.3. The van der Waals surface area contributed by atoms with Crippen molar-refractivity contribution >= 4 is 12.4 Å². The molecule has 1 heterocycles. The molecule has 0 fully saturated rings. The topological polar surface area (TPSA) is 52.8 Å². The average molecular weight is 252 g/mol. The molecule has 5 heteroatoms. The Kier molecular flexibility index (Phi) is 5.42. The van der Waals surface area contributed by atoms with Gasteiger partial charge < -0.3 is 14.0 Å². The van der Waals surface area contributed by atoms with E-state index in [0.29, 0.717) is 5.88 Å². The van der Waals surface area contributed by atoms with Crippen LogP contribution in [0.4, 0.5) is 0 Å². The van der Waals surface area contributed by atoms with E-state index in [1.807, 2.05) is 20.0 Å². The normalized spacial score (nSPS) is 12.7. The SMILES string of the molecule is CCC(C)N=COc1ccc(CC(=O)OC)n1C. The van der Waals surface area contributed by atoms with E-state index in [2.05, 4.69) is 16.7 Å². The lowest BCUT2D eigenvalue weighted by Crippen LogP contribution is -2.09. The van der Waals surface area contributed by atoms with Crippen LogP contribution in [0.5, 0.6) is 5.88 Å². The lowest BCUT2D eigenvalue weighted by atomic mass is 10.3. The zero-order valence-corrected chi connectivity index (χ0v) is 11.3. The van der Waals surface area contributed by atoms with E-state index in [-0.39, 0.29) is 18.4 Å². The first-order chi connectivity index (χ1) is 8.58. The number of rotatable bonds is 6. The molecular formula is C13H20N2O3. The van der Waals surface area contributed by atoms with Gasteiger partial charge in [-0.15, -0.1) is 0 Å². The molecule has 0 aliphatic rings. The van der Waals surface area contributed by atoms with Gasteiger partial charge in [0.2, 0.25) is 5.88 Å². The highest BCUT2D eigenvalue weighted by atomic mass is 16.5. The molecule has 1 unspecified atom stereocenters. The molecular weight excluding hydrogens is 232 g/mol. The molecule has 0 radical (unpaired) electrons. The fourth-order valence-corrected chi connectivity index (χ4v) is 1.34. The molecule has 0 saturated heterocycles. The highest BCUT2D eigenvalue weighted by molar-refractivity contribution is 5.72. The summed E-state index contributed by atoms with van der Waals surface area (Å²) in [7, 11) is 3.21. The maximum absolute atomic E-state index is 11.2. The van der Waals surface area contributed by atoms with E-state index in [1.165, 1.54) is 13.5 Å². The number of hydrogen-bond donors (Lipinski definition) is 0. The van der Waals surface area contributed by atoms with Gasteiger partial charge in [-0.2, -0.15) is 0 Å². The average Bonchev–Trinajstić information content (AvgIpc) is 2.71. The summed E-state index contributed by atoms with van der Waals surface area (Å²) in [5, 5.41) is 0. The second-order valence-electron chi connectivity index (χ2n) is 4.10. The molecule has 1 aromatic heterocycles. The standard InChI is InChI=1S/C13H20N2O3/c1-5-10(2)14-9-18-12-7-6-11(15(12)3)8-13(16)17-4/h6-7,9-10H,5,8H2,1-4H3. The Bertz CT molecular complexity index is 424. The van der Waals surface area contributed by atoms with Crippen molar-refractivity contribution in [3.05, 3.63) is 17.8 Å². The van der Waals surface area contributed by atoms with Crippen LogP contribution in [-0.2, 0) is 23.0 Å². The molecule has 0 N–H and O–H groups in total. The molecule has 0 saturated carbocycles. The maximum atomic E-state index is 11.2. The molecule has 1 aromatic rings. The maximum Gasteiger partial charge on any atom is 0.311 e. The minimum absolute atomic E-state index is 0.235. The van der Waals surface area contributed by atoms with Gasteiger partial charge in [-0.25, -0.2) is 0 Å². The Balaban J connectivity index is 2.63. The first-order valence-corrected chi connectivity index (χ1v) is 5.98. The summed E-state index contributed by atoms with van der Waals surface area (Å²) in [5.41, 5.74) is 0.841. The minimum Gasteiger partial charge on any atom is -0.469 e. The number of aliphatic imine (C=N–C) groups is 1.